The molecule has 0 saturated carbocycles. The summed E-state index contributed by atoms with van der Waals surface area (Å²) in [4.78, 5) is 17.6. The summed E-state index contributed by atoms with van der Waals surface area (Å²) < 4.78 is 33.6. The van der Waals surface area contributed by atoms with E-state index in [2.05, 4.69) is 9.71 Å². The van der Waals surface area contributed by atoms with Crippen molar-refractivity contribution in [2.45, 2.75) is 50.8 Å². The maximum Gasteiger partial charge on any atom is 0.270 e. The second kappa shape index (κ2) is 9.12. The van der Waals surface area contributed by atoms with Crippen LogP contribution in [-0.2, 0) is 15.4 Å². The van der Waals surface area contributed by atoms with E-state index < -0.39 is 15.9 Å². The van der Waals surface area contributed by atoms with E-state index >= 15 is 0 Å². The summed E-state index contributed by atoms with van der Waals surface area (Å²) in [5.41, 5.74) is 1.42. The summed E-state index contributed by atoms with van der Waals surface area (Å²) in [5.74, 6) is 0.0129. The molecule has 1 aromatic heterocycles. The van der Waals surface area contributed by atoms with Gasteiger partial charge in [-0.05, 0) is 41.8 Å². The van der Waals surface area contributed by atoms with Gasteiger partial charge in [-0.3, -0.25) is 4.79 Å². The van der Waals surface area contributed by atoms with Gasteiger partial charge >= 0.3 is 0 Å². The van der Waals surface area contributed by atoms with E-state index in [1.54, 1.807) is 30.3 Å². The zero-order chi connectivity index (χ0) is 23.5. The van der Waals surface area contributed by atoms with Crippen molar-refractivity contribution in [1.29, 1.82) is 0 Å². The van der Waals surface area contributed by atoms with Crippen LogP contribution in [0.5, 0.6) is 11.6 Å². The Labute approximate surface area is 189 Å². The zero-order valence-electron chi connectivity index (χ0n) is 18.9. The highest BCUT2D eigenvalue weighted by atomic mass is 32.2. The number of ether oxygens (including phenoxy) is 1. The highest BCUT2D eigenvalue weighted by Crippen LogP contribution is 2.33. The largest absolute Gasteiger partial charge is 0.438 e. The van der Waals surface area contributed by atoms with Crippen molar-refractivity contribution in [1.82, 2.24) is 9.71 Å². The highest BCUT2D eigenvalue weighted by molar-refractivity contribution is 7.90. The molecule has 1 amide bonds. The number of para-hydroxylation sites is 1. The minimum Gasteiger partial charge on any atom is -0.438 e. The topological polar surface area (TPSA) is 85.4 Å². The lowest BCUT2D eigenvalue weighted by atomic mass is 9.91. The molecule has 0 aliphatic rings. The fraction of sp³-hybridized carbons (Fsp3) is 0.280. The molecule has 0 aliphatic carbocycles. The third-order valence-corrected chi connectivity index (χ3v) is 6.25. The van der Waals surface area contributed by atoms with Gasteiger partial charge in [-0.2, -0.15) is 0 Å². The molecule has 3 rings (SSSR count). The summed E-state index contributed by atoms with van der Waals surface area (Å²) in [6.45, 7) is 10.1. The van der Waals surface area contributed by atoms with Gasteiger partial charge in [-0.1, -0.05) is 71.0 Å². The minimum absolute atomic E-state index is 0.000225. The third kappa shape index (κ3) is 5.34. The number of hydrogen-bond acceptors (Lipinski definition) is 5. The van der Waals surface area contributed by atoms with E-state index in [0.29, 0.717) is 5.75 Å². The van der Waals surface area contributed by atoms with Gasteiger partial charge in [0.25, 0.3) is 15.9 Å². The number of rotatable bonds is 6. The van der Waals surface area contributed by atoms with Crippen LogP contribution >= 0.6 is 0 Å². The maximum atomic E-state index is 13.0. The first-order valence-electron chi connectivity index (χ1n) is 10.4. The first kappa shape index (κ1) is 23.5. The first-order chi connectivity index (χ1) is 15.0. The molecule has 0 saturated heterocycles. The van der Waals surface area contributed by atoms with Crippen LogP contribution in [0.15, 0.2) is 71.6 Å². The van der Waals surface area contributed by atoms with E-state index in [0.717, 1.165) is 11.3 Å². The molecular formula is C25H28N2O4S. The van der Waals surface area contributed by atoms with Gasteiger partial charge in [-0.15, -0.1) is 0 Å². The molecular weight excluding hydrogens is 424 g/mol. The van der Waals surface area contributed by atoms with E-state index in [1.165, 1.54) is 12.1 Å². The summed E-state index contributed by atoms with van der Waals surface area (Å²) in [6, 6.07) is 18.5. The average molecular weight is 453 g/mol. The Kier molecular flexibility index (Phi) is 6.69. The molecule has 0 atom stereocenters. The quantitative estimate of drug-likeness (QED) is 0.540. The van der Waals surface area contributed by atoms with Crippen LogP contribution in [0, 0.1) is 0 Å². The average Bonchev–Trinajstić information content (AvgIpc) is 2.73. The van der Waals surface area contributed by atoms with Crippen molar-refractivity contribution < 1.29 is 17.9 Å². The van der Waals surface area contributed by atoms with Crippen LogP contribution in [0.2, 0.25) is 0 Å². The van der Waals surface area contributed by atoms with Crippen molar-refractivity contribution in [3.05, 3.63) is 83.6 Å². The van der Waals surface area contributed by atoms with Crippen molar-refractivity contribution in [3.8, 4) is 11.6 Å². The lowest BCUT2D eigenvalue weighted by Gasteiger charge is -2.21. The van der Waals surface area contributed by atoms with Gasteiger partial charge < -0.3 is 4.74 Å². The molecule has 1 heterocycles. The Bertz CT molecular complexity index is 1210. The molecule has 2 aromatic carbocycles. The Morgan fingerprint density at radius 1 is 0.938 bits per heavy atom. The standard InChI is InChI=1S/C25H28N2O4S/c1-17(2)19-13-9-10-14-21(19)31-24-20(15-16-22(26-24)25(3,4)5)23(28)27-32(29,30)18-11-7-6-8-12-18/h6-17H,1-5H3,(H,27,28). The van der Waals surface area contributed by atoms with Gasteiger partial charge in [0.2, 0.25) is 5.88 Å². The number of nitrogens with zero attached hydrogens (tertiary/aromatic N) is 1. The Morgan fingerprint density at radius 3 is 2.19 bits per heavy atom. The Balaban J connectivity index is 2.03. The molecule has 0 spiro atoms. The van der Waals surface area contributed by atoms with E-state index in [-0.39, 0.29) is 27.7 Å². The van der Waals surface area contributed by atoms with Gasteiger partial charge in [0, 0.05) is 11.1 Å². The van der Waals surface area contributed by atoms with Gasteiger partial charge in [0.05, 0.1) is 4.90 Å². The highest BCUT2D eigenvalue weighted by Gasteiger charge is 2.25. The molecule has 0 radical (unpaired) electrons. The number of amides is 1. The van der Waals surface area contributed by atoms with Crippen molar-refractivity contribution >= 4 is 15.9 Å². The fourth-order valence-corrected chi connectivity index (χ4v) is 4.09. The summed E-state index contributed by atoms with van der Waals surface area (Å²) in [7, 11) is -4.04. The van der Waals surface area contributed by atoms with Crippen LogP contribution < -0.4 is 9.46 Å². The zero-order valence-corrected chi connectivity index (χ0v) is 19.7. The van der Waals surface area contributed by atoms with E-state index in [4.69, 9.17) is 4.74 Å². The molecule has 168 valence electrons. The van der Waals surface area contributed by atoms with Crippen LogP contribution in [0.4, 0.5) is 0 Å². The SMILES string of the molecule is CC(C)c1ccccc1Oc1nc(C(C)(C)C)ccc1C(=O)NS(=O)(=O)c1ccccc1. The molecule has 3 aromatic rings. The normalized spacial score (nSPS) is 11.9. The van der Waals surface area contributed by atoms with Gasteiger partial charge in [0.1, 0.15) is 11.3 Å². The number of nitrogens with one attached hydrogen (secondary N) is 1. The van der Waals surface area contributed by atoms with Crippen molar-refractivity contribution in [3.63, 3.8) is 0 Å². The fourth-order valence-electron chi connectivity index (χ4n) is 3.10. The van der Waals surface area contributed by atoms with E-state index in [1.807, 2.05) is 58.9 Å². The smallest absolute Gasteiger partial charge is 0.270 e. The number of benzene rings is 2. The van der Waals surface area contributed by atoms with Crippen LogP contribution in [0.25, 0.3) is 0 Å². The molecule has 32 heavy (non-hydrogen) atoms. The molecule has 0 fully saturated rings. The number of hydrogen-bond donors (Lipinski definition) is 1. The second-order valence-electron chi connectivity index (χ2n) is 8.84. The Morgan fingerprint density at radius 2 is 1.56 bits per heavy atom. The van der Waals surface area contributed by atoms with Gasteiger partial charge in [0.15, 0.2) is 0 Å². The summed E-state index contributed by atoms with van der Waals surface area (Å²) in [5, 5.41) is 0. The molecule has 0 bridgehead atoms. The molecule has 0 aliphatic heterocycles. The van der Waals surface area contributed by atoms with E-state index in [9.17, 15) is 13.2 Å². The second-order valence-corrected chi connectivity index (χ2v) is 10.5. The van der Waals surface area contributed by atoms with Crippen LogP contribution in [0.3, 0.4) is 0 Å². The number of carbonyl (C=O) groups is 1. The first-order valence-corrected chi connectivity index (χ1v) is 11.9. The summed E-state index contributed by atoms with van der Waals surface area (Å²) >= 11 is 0. The van der Waals surface area contributed by atoms with Crippen LogP contribution in [-0.4, -0.2) is 19.3 Å². The third-order valence-electron chi connectivity index (χ3n) is 4.90. The molecule has 6 nitrogen and oxygen atoms in total. The van der Waals surface area contributed by atoms with Crippen molar-refractivity contribution in [2.75, 3.05) is 0 Å². The monoisotopic (exact) mass is 452 g/mol. The molecule has 7 heteroatoms. The minimum atomic E-state index is -4.04. The Hall–Kier alpha value is -3.19. The van der Waals surface area contributed by atoms with Crippen LogP contribution in [0.1, 0.15) is 62.2 Å². The molecule has 1 N–H and O–H groups in total. The predicted octanol–water partition coefficient (Wildman–Crippen LogP) is 5.41. The maximum absolute atomic E-state index is 13.0. The van der Waals surface area contributed by atoms with Gasteiger partial charge in [-0.25, -0.2) is 18.1 Å². The number of aromatic nitrogens is 1. The molecule has 0 unspecified atom stereocenters. The number of carbonyl (C=O) groups excluding carboxylic acids is 1. The lowest BCUT2D eigenvalue weighted by Crippen LogP contribution is -2.31. The lowest BCUT2D eigenvalue weighted by molar-refractivity contribution is 0.0978. The predicted molar refractivity (Wildman–Crippen MR) is 125 cm³/mol. The number of sulfonamides is 1. The number of pyridine rings is 1. The van der Waals surface area contributed by atoms with Crippen molar-refractivity contribution in [2.24, 2.45) is 0 Å². The summed E-state index contributed by atoms with van der Waals surface area (Å²) in [6.07, 6.45) is 0.